The van der Waals surface area contributed by atoms with Gasteiger partial charge in [-0.2, -0.15) is 10.2 Å². The Hall–Kier alpha value is -2.60. The highest BCUT2D eigenvalue weighted by molar-refractivity contribution is 6.28. The zero-order valence-corrected chi connectivity index (χ0v) is 15.5. The van der Waals surface area contributed by atoms with Crippen molar-refractivity contribution in [2.75, 3.05) is 13.1 Å². The summed E-state index contributed by atoms with van der Waals surface area (Å²) in [5.74, 6) is 0. The van der Waals surface area contributed by atoms with Gasteiger partial charge in [-0.05, 0) is 32.4 Å². The molecule has 0 aromatic carbocycles. The number of halogens is 1. The van der Waals surface area contributed by atoms with Crippen LogP contribution in [-0.4, -0.2) is 49.2 Å². The average Bonchev–Trinajstić information content (AvgIpc) is 2.89. The van der Waals surface area contributed by atoms with Crippen molar-refractivity contribution >= 4 is 28.9 Å². The quantitative estimate of drug-likeness (QED) is 0.758. The Balaban J connectivity index is 1.91. The summed E-state index contributed by atoms with van der Waals surface area (Å²) in [5.41, 5.74) is -1.48. The normalized spacial score (nSPS) is 17.1. The van der Waals surface area contributed by atoms with E-state index < -0.39 is 22.9 Å². The summed E-state index contributed by atoms with van der Waals surface area (Å²) < 4.78 is 6.69. The van der Waals surface area contributed by atoms with Crippen LogP contribution >= 0.6 is 11.6 Å². The highest BCUT2D eigenvalue weighted by Gasteiger charge is 2.41. The SMILES string of the molecule is CC(C)(C)OC(=O)N1CCC(C#N)(n2c(=O)[nH]c3cnc(Cl)nc32)CC1. The summed E-state index contributed by atoms with van der Waals surface area (Å²) in [4.78, 5) is 36.8. The van der Waals surface area contributed by atoms with Crippen LogP contribution in [0.25, 0.3) is 11.2 Å². The molecule has 1 aliphatic rings. The molecule has 1 saturated heterocycles. The molecule has 0 aliphatic carbocycles. The lowest BCUT2D eigenvalue weighted by molar-refractivity contribution is 0.0156. The maximum atomic E-state index is 12.5. The molecule has 138 valence electrons. The van der Waals surface area contributed by atoms with Crippen LogP contribution in [0, 0.1) is 11.3 Å². The van der Waals surface area contributed by atoms with E-state index in [0.29, 0.717) is 18.6 Å². The number of aromatic amines is 1. The minimum atomic E-state index is -1.12. The lowest BCUT2D eigenvalue weighted by Crippen LogP contribution is -2.50. The minimum Gasteiger partial charge on any atom is -0.444 e. The molecular weight excluding hydrogens is 360 g/mol. The van der Waals surface area contributed by atoms with Crippen LogP contribution in [0.3, 0.4) is 0 Å². The van der Waals surface area contributed by atoms with E-state index in [9.17, 15) is 14.9 Å². The summed E-state index contributed by atoms with van der Waals surface area (Å²) in [6.07, 6.45) is 1.53. The number of imidazole rings is 1. The number of rotatable bonds is 1. The maximum absolute atomic E-state index is 12.5. The fraction of sp³-hybridized carbons (Fsp3) is 0.562. The van der Waals surface area contributed by atoms with Gasteiger partial charge in [0.15, 0.2) is 5.65 Å². The highest BCUT2D eigenvalue weighted by Crippen LogP contribution is 2.31. The number of hydrogen-bond donors (Lipinski definition) is 1. The van der Waals surface area contributed by atoms with Crippen molar-refractivity contribution in [3.05, 3.63) is 22.0 Å². The number of ether oxygens (including phenoxy) is 1. The molecule has 10 heteroatoms. The van der Waals surface area contributed by atoms with Crippen LogP contribution in [-0.2, 0) is 10.3 Å². The largest absolute Gasteiger partial charge is 0.444 e. The number of carbonyl (C=O) groups excluding carboxylic acids is 1. The lowest BCUT2D eigenvalue weighted by Gasteiger charge is -2.38. The minimum absolute atomic E-state index is 0.00969. The zero-order valence-electron chi connectivity index (χ0n) is 14.7. The summed E-state index contributed by atoms with van der Waals surface area (Å²) >= 11 is 5.85. The second-order valence-corrected chi connectivity index (χ2v) is 7.59. The molecule has 1 amide bonds. The Morgan fingerprint density at radius 3 is 2.65 bits per heavy atom. The third-order valence-electron chi connectivity index (χ3n) is 4.27. The van der Waals surface area contributed by atoms with Gasteiger partial charge in [-0.25, -0.2) is 14.6 Å². The van der Waals surface area contributed by atoms with E-state index >= 15 is 0 Å². The number of fused-ring (bicyclic) bond motifs is 1. The first-order valence-corrected chi connectivity index (χ1v) is 8.56. The molecule has 9 nitrogen and oxygen atoms in total. The number of H-pyrrole nitrogens is 1. The molecule has 0 bridgehead atoms. The van der Waals surface area contributed by atoms with E-state index in [-0.39, 0.29) is 23.8 Å². The van der Waals surface area contributed by atoms with Gasteiger partial charge >= 0.3 is 11.8 Å². The molecule has 0 saturated carbocycles. The van der Waals surface area contributed by atoms with Crippen LogP contribution in [0.5, 0.6) is 0 Å². The van der Waals surface area contributed by atoms with Crippen LogP contribution in [0.4, 0.5) is 4.79 Å². The van der Waals surface area contributed by atoms with Gasteiger partial charge < -0.3 is 14.6 Å². The Kier molecular flexibility index (Phi) is 4.40. The second kappa shape index (κ2) is 6.29. The predicted molar refractivity (Wildman–Crippen MR) is 93.8 cm³/mol. The number of nitrogens with zero attached hydrogens (tertiary/aromatic N) is 5. The molecule has 1 N–H and O–H groups in total. The van der Waals surface area contributed by atoms with E-state index in [1.54, 1.807) is 25.7 Å². The first-order chi connectivity index (χ1) is 12.1. The number of likely N-dealkylation sites (tertiary alicyclic amines) is 1. The van der Waals surface area contributed by atoms with Gasteiger partial charge in [-0.3, -0.25) is 4.57 Å². The molecule has 0 radical (unpaired) electrons. The van der Waals surface area contributed by atoms with Crippen LogP contribution in [0.15, 0.2) is 11.0 Å². The maximum Gasteiger partial charge on any atom is 0.410 e. The lowest BCUT2D eigenvalue weighted by atomic mass is 9.88. The summed E-state index contributed by atoms with van der Waals surface area (Å²) in [6.45, 7) is 5.97. The van der Waals surface area contributed by atoms with Crippen molar-refractivity contribution in [1.82, 2.24) is 24.4 Å². The van der Waals surface area contributed by atoms with E-state index in [0.717, 1.165) is 0 Å². The monoisotopic (exact) mass is 378 g/mol. The highest BCUT2D eigenvalue weighted by atomic mass is 35.5. The van der Waals surface area contributed by atoms with Gasteiger partial charge in [0.05, 0.1) is 12.3 Å². The Morgan fingerprint density at radius 1 is 1.42 bits per heavy atom. The van der Waals surface area contributed by atoms with Gasteiger partial charge in [0.25, 0.3) is 0 Å². The molecule has 26 heavy (non-hydrogen) atoms. The molecule has 2 aromatic heterocycles. The van der Waals surface area contributed by atoms with Crippen LogP contribution < -0.4 is 5.69 Å². The zero-order chi connectivity index (χ0) is 19.1. The van der Waals surface area contributed by atoms with Crippen LogP contribution in [0.2, 0.25) is 5.28 Å². The average molecular weight is 379 g/mol. The first-order valence-electron chi connectivity index (χ1n) is 8.18. The van der Waals surface area contributed by atoms with Gasteiger partial charge in [0.2, 0.25) is 5.28 Å². The molecular formula is C16H19ClN6O3. The van der Waals surface area contributed by atoms with E-state index in [1.165, 1.54) is 10.8 Å². The van der Waals surface area contributed by atoms with E-state index in [2.05, 4.69) is 21.0 Å². The molecule has 3 rings (SSSR count). The Bertz CT molecular complexity index is 944. The van der Waals surface area contributed by atoms with Gasteiger partial charge in [-0.1, -0.05) is 0 Å². The fourth-order valence-electron chi connectivity index (χ4n) is 3.05. The number of hydrogen-bond acceptors (Lipinski definition) is 6. The number of piperidine rings is 1. The van der Waals surface area contributed by atoms with Crippen molar-refractivity contribution in [1.29, 1.82) is 5.26 Å². The molecule has 0 unspecified atom stereocenters. The van der Waals surface area contributed by atoms with Crippen LogP contribution in [0.1, 0.15) is 33.6 Å². The number of amides is 1. The fourth-order valence-corrected chi connectivity index (χ4v) is 3.17. The number of carbonyl (C=O) groups is 1. The smallest absolute Gasteiger partial charge is 0.410 e. The molecule has 1 aliphatic heterocycles. The third kappa shape index (κ3) is 3.24. The molecule has 0 atom stereocenters. The van der Waals surface area contributed by atoms with E-state index in [1.807, 2.05) is 0 Å². The molecule has 1 fully saturated rings. The standard InChI is InChI=1S/C16H19ClN6O3/c1-15(2,3)26-14(25)22-6-4-16(9-18,5-7-22)23-11-10(20-13(23)24)8-19-12(17)21-11/h8H,4-7H2,1-3H3,(H,20,24). The van der Waals surface area contributed by atoms with Crippen molar-refractivity contribution in [2.24, 2.45) is 0 Å². The van der Waals surface area contributed by atoms with E-state index in [4.69, 9.17) is 16.3 Å². The third-order valence-corrected chi connectivity index (χ3v) is 4.46. The van der Waals surface area contributed by atoms with Gasteiger partial charge in [0.1, 0.15) is 16.7 Å². The summed E-state index contributed by atoms with van der Waals surface area (Å²) in [5, 5.41) is 9.83. The second-order valence-electron chi connectivity index (χ2n) is 7.25. The Morgan fingerprint density at radius 2 is 2.08 bits per heavy atom. The summed E-state index contributed by atoms with van der Waals surface area (Å²) in [6, 6.07) is 2.24. The van der Waals surface area contributed by atoms with Crippen molar-refractivity contribution in [3.63, 3.8) is 0 Å². The number of nitrogens with one attached hydrogen (secondary N) is 1. The van der Waals surface area contributed by atoms with Gasteiger partial charge in [-0.15, -0.1) is 0 Å². The van der Waals surface area contributed by atoms with Gasteiger partial charge in [0, 0.05) is 25.9 Å². The van der Waals surface area contributed by atoms with Crippen molar-refractivity contribution in [2.45, 2.75) is 44.8 Å². The summed E-state index contributed by atoms with van der Waals surface area (Å²) in [7, 11) is 0. The molecule has 3 heterocycles. The Labute approximate surface area is 154 Å². The van der Waals surface area contributed by atoms with Crippen molar-refractivity contribution < 1.29 is 9.53 Å². The molecule has 2 aromatic rings. The molecule has 0 spiro atoms. The number of aromatic nitrogens is 4. The predicted octanol–water partition coefficient (Wildman–Crippen LogP) is 2.02. The van der Waals surface area contributed by atoms with Crippen molar-refractivity contribution in [3.8, 4) is 6.07 Å². The topological polar surface area (TPSA) is 117 Å². The number of nitriles is 1. The first kappa shape index (κ1) is 18.2.